The molecule has 3 amide bonds. The van der Waals surface area contributed by atoms with Gasteiger partial charge in [0.05, 0.1) is 44.3 Å². The van der Waals surface area contributed by atoms with Gasteiger partial charge in [-0.1, -0.05) is 18.2 Å². The second-order valence-corrected chi connectivity index (χ2v) is 9.69. The van der Waals surface area contributed by atoms with Gasteiger partial charge in [0.15, 0.2) is 0 Å². The average Bonchev–Trinajstić information content (AvgIpc) is 3.43. The molecule has 1 atom stereocenters. The summed E-state index contributed by atoms with van der Waals surface area (Å²) < 4.78 is 16.7. The third-order valence-electron chi connectivity index (χ3n) is 6.26. The van der Waals surface area contributed by atoms with Gasteiger partial charge in [0, 0.05) is 11.0 Å². The summed E-state index contributed by atoms with van der Waals surface area (Å²) in [5.74, 6) is 0.429. The molecule has 4 rings (SSSR count). The first kappa shape index (κ1) is 27.9. The number of benzene rings is 2. The fraction of sp³-hybridized carbons (Fsp3) is 0.286. The third kappa shape index (κ3) is 7.26. The standard InChI is InChI=1S/C28H29BrN4O6/c1-37-25-14-18(9-11-23(25)32-28(36)31-22-8-4-3-7-21(22)29)15-26(34)33-13-5-6-19(33)17-39-20-10-12-24(30-16-20)27(35)38-2/h3-4,7-12,14,16,19H,5-6,13,15,17H2,1-2H3,(H2,31,32,36). The van der Waals surface area contributed by atoms with Crippen LogP contribution in [0.25, 0.3) is 0 Å². The molecule has 0 radical (unpaired) electrons. The molecule has 2 heterocycles. The predicted octanol–water partition coefficient (Wildman–Crippen LogP) is 4.90. The Morgan fingerprint density at radius 3 is 2.56 bits per heavy atom. The van der Waals surface area contributed by atoms with E-state index in [1.165, 1.54) is 26.5 Å². The number of urea groups is 1. The lowest BCUT2D eigenvalue weighted by molar-refractivity contribution is -0.131. The second kappa shape index (κ2) is 13.1. The van der Waals surface area contributed by atoms with Crippen molar-refractivity contribution in [2.45, 2.75) is 25.3 Å². The molecule has 0 saturated carbocycles. The lowest BCUT2D eigenvalue weighted by Gasteiger charge is -2.25. The molecule has 1 aromatic heterocycles. The summed E-state index contributed by atoms with van der Waals surface area (Å²) in [5.41, 5.74) is 2.08. The lowest BCUT2D eigenvalue weighted by atomic mass is 10.1. The van der Waals surface area contributed by atoms with Crippen molar-refractivity contribution in [1.82, 2.24) is 9.88 Å². The average molecular weight is 597 g/mol. The molecular formula is C28H29BrN4O6. The fourth-order valence-electron chi connectivity index (χ4n) is 4.28. The number of anilines is 2. The number of para-hydroxylation sites is 1. The fourth-order valence-corrected chi connectivity index (χ4v) is 4.67. The van der Waals surface area contributed by atoms with Gasteiger partial charge in [-0.2, -0.15) is 0 Å². The highest BCUT2D eigenvalue weighted by atomic mass is 79.9. The van der Waals surface area contributed by atoms with Crippen LogP contribution in [0.4, 0.5) is 16.2 Å². The van der Waals surface area contributed by atoms with E-state index in [2.05, 4.69) is 36.3 Å². The summed E-state index contributed by atoms with van der Waals surface area (Å²) >= 11 is 3.40. The van der Waals surface area contributed by atoms with Crippen molar-refractivity contribution < 1.29 is 28.6 Å². The van der Waals surface area contributed by atoms with Crippen LogP contribution in [-0.4, -0.2) is 61.2 Å². The van der Waals surface area contributed by atoms with Gasteiger partial charge in [0.1, 0.15) is 23.8 Å². The lowest BCUT2D eigenvalue weighted by Crippen LogP contribution is -2.39. The summed E-state index contributed by atoms with van der Waals surface area (Å²) in [6, 6.07) is 15.3. The number of rotatable bonds is 9. The summed E-state index contributed by atoms with van der Waals surface area (Å²) in [4.78, 5) is 43.1. The molecule has 10 nitrogen and oxygen atoms in total. The molecule has 1 unspecified atom stereocenters. The van der Waals surface area contributed by atoms with Crippen LogP contribution >= 0.6 is 15.9 Å². The number of aromatic nitrogens is 1. The van der Waals surface area contributed by atoms with Crippen molar-refractivity contribution in [3.8, 4) is 11.5 Å². The van der Waals surface area contributed by atoms with E-state index in [4.69, 9.17) is 9.47 Å². The van der Waals surface area contributed by atoms with Crippen LogP contribution in [-0.2, 0) is 16.0 Å². The summed E-state index contributed by atoms with van der Waals surface area (Å²) in [6.07, 6.45) is 3.37. The van der Waals surface area contributed by atoms with Gasteiger partial charge in [-0.05, 0) is 70.7 Å². The SMILES string of the molecule is COC(=O)c1ccc(OCC2CCCN2C(=O)Cc2ccc(NC(=O)Nc3ccccc3Br)c(OC)c2)cn1. The van der Waals surface area contributed by atoms with Gasteiger partial charge in [-0.3, -0.25) is 4.79 Å². The van der Waals surface area contributed by atoms with Crippen molar-refractivity contribution in [3.05, 3.63) is 76.5 Å². The van der Waals surface area contributed by atoms with Crippen molar-refractivity contribution in [2.75, 3.05) is 38.0 Å². The minimum atomic E-state index is -0.516. The molecule has 1 aliphatic rings. The molecule has 2 N–H and O–H groups in total. The van der Waals surface area contributed by atoms with Crippen LogP contribution in [0.15, 0.2) is 65.3 Å². The van der Waals surface area contributed by atoms with E-state index < -0.39 is 12.0 Å². The number of hydrogen-bond acceptors (Lipinski definition) is 7. The molecule has 0 spiro atoms. The first-order valence-electron chi connectivity index (χ1n) is 12.3. The number of amides is 3. The van der Waals surface area contributed by atoms with Gasteiger partial charge in [-0.25, -0.2) is 14.6 Å². The highest BCUT2D eigenvalue weighted by molar-refractivity contribution is 9.10. The Balaban J connectivity index is 1.34. The largest absolute Gasteiger partial charge is 0.495 e. The zero-order valence-electron chi connectivity index (χ0n) is 21.6. The number of hydrogen-bond donors (Lipinski definition) is 2. The number of halogens is 1. The van der Waals surface area contributed by atoms with E-state index in [9.17, 15) is 14.4 Å². The Labute approximate surface area is 234 Å². The van der Waals surface area contributed by atoms with Crippen molar-refractivity contribution in [3.63, 3.8) is 0 Å². The van der Waals surface area contributed by atoms with Crippen LogP contribution in [0.3, 0.4) is 0 Å². The van der Waals surface area contributed by atoms with Crippen LogP contribution < -0.4 is 20.1 Å². The molecule has 204 valence electrons. The number of carbonyl (C=O) groups excluding carboxylic acids is 3. The summed E-state index contributed by atoms with van der Waals surface area (Å²) in [7, 11) is 2.81. The molecule has 2 aromatic carbocycles. The zero-order valence-corrected chi connectivity index (χ0v) is 23.2. The first-order chi connectivity index (χ1) is 18.9. The monoisotopic (exact) mass is 596 g/mol. The van der Waals surface area contributed by atoms with Crippen molar-refractivity contribution >= 4 is 45.2 Å². The molecule has 3 aromatic rings. The molecule has 1 aliphatic heterocycles. The number of methoxy groups -OCH3 is 2. The zero-order chi connectivity index (χ0) is 27.8. The number of likely N-dealkylation sites (tertiary alicyclic amines) is 1. The van der Waals surface area contributed by atoms with Crippen molar-refractivity contribution in [2.24, 2.45) is 0 Å². The maximum absolute atomic E-state index is 13.2. The highest BCUT2D eigenvalue weighted by Gasteiger charge is 2.29. The van der Waals surface area contributed by atoms with E-state index in [1.807, 2.05) is 23.1 Å². The number of nitrogens with one attached hydrogen (secondary N) is 2. The van der Waals surface area contributed by atoms with Gasteiger partial charge < -0.3 is 29.7 Å². The van der Waals surface area contributed by atoms with Crippen LogP contribution in [0.5, 0.6) is 11.5 Å². The van der Waals surface area contributed by atoms with E-state index in [-0.39, 0.29) is 24.1 Å². The number of esters is 1. The van der Waals surface area contributed by atoms with E-state index >= 15 is 0 Å². The minimum absolute atomic E-state index is 0.0188. The highest BCUT2D eigenvalue weighted by Crippen LogP contribution is 2.28. The minimum Gasteiger partial charge on any atom is -0.495 e. The third-order valence-corrected chi connectivity index (χ3v) is 6.95. The Morgan fingerprint density at radius 2 is 1.85 bits per heavy atom. The van der Waals surface area contributed by atoms with E-state index in [0.717, 1.165) is 22.9 Å². The quantitative estimate of drug-likeness (QED) is 0.337. The number of ether oxygens (including phenoxy) is 3. The molecule has 1 saturated heterocycles. The summed E-state index contributed by atoms with van der Waals surface area (Å²) in [5, 5.41) is 5.57. The maximum atomic E-state index is 13.2. The van der Waals surface area contributed by atoms with Crippen LogP contribution in [0.1, 0.15) is 28.9 Å². The topological polar surface area (TPSA) is 119 Å². The van der Waals surface area contributed by atoms with E-state index in [1.54, 1.807) is 30.3 Å². The number of pyridine rings is 1. The van der Waals surface area contributed by atoms with Gasteiger partial charge in [0.25, 0.3) is 0 Å². The Hall–Kier alpha value is -4.12. The molecule has 0 bridgehead atoms. The van der Waals surface area contributed by atoms with E-state index in [0.29, 0.717) is 36.0 Å². The molecule has 39 heavy (non-hydrogen) atoms. The first-order valence-corrected chi connectivity index (χ1v) is 13.1. The predicted molar refractivity (Wildman–Crippen MR) is 149 cm³/mol. The Kier molecular flexibility index (Phi) is 9.37. The van der Waals surface area contributed by atoms with Gasteiger partial charge in [-0.15, -0.1) is 0 Å². The van der Waals surface area contributed by atoms with Crippen LogP contribution in [0, 0.1) is 0 Å². The normalized spacial score (nSPS) is 14.4. The smallest absolute Gasteiger partial charge is 0.356 e. The van der Waals surface area contributed by atoms with Gasteiger partial charge in [0.2, 0.25) is 5.91 Å². The maximum Gasteiger partial charge on any atom is 0.356 e. The van der Waals surface area contributed by atoms with Crippen molar-refractivity contribution in [1.29, 1.82) is 0 Å². The van der Waals surface area contributed by atoms with Crippen LogP contribution in [0.2, 0.25) is 0 Å². The Bertz CT molecular complexity index is 1330. The molecule has 0 aliphatic carbocycles. The van der Waals surface area contributed by atoms with Gasteiger partial charge >= 0.3 is 12.0 Å². The summed E-state index contributed by atoms with van der Waals surface area (Å²) in [6.45, 7) is 0.974. The number of carbonyl (C=O) groups is 3. The number of nitrogens with zero attached hydrogens (tertiary/aromatic N) is 2. The Morgan fingerprint density at radius 1 is 1.05 bits per heavy atom. The second-order valence-electron chi connectivity index (χ2n) is 8.84. The molecular weight excluding hydrogens is 568 g/mol. The molecule has 11 heteroatoms. The molecule has 1 fully saturated rings.